The van der Waals surface area contributed by atoms with Crippen LogP contribution in [-0.2, 0) is 32.2 Å². The number of methoxy groups -OCH3 is 2. The number of hydrogen-bond acceptors (Lipinski definition) is 8. The summed E-state index contributed by atoms with van der Waals surface area (Å²) >= 11 is 1.50. The third kappa shape index (κ3) is 5.08. The maximum atomic E-state index is 13.3. The van der Waals surface area contributed by atoms with Crippen molar-refractivity contribution in [3.63, 3.8) is 0 Å². The average Bonchev–Trinajstić information content (AvgIpc) is 3.56. The Kier molecular flexibility index (Phi) is 7.94. The van der Waals surface area contributed by atoms with Gasteiger partial charge in [0.15, 0.2) is 5.16 Å². The summed E-state index contributed by atoms with van der Waals surface area (Å²) in [5.74, 6) is -1.75. The van der Waals surface area contributed by atoms with Crippen LogP contribution in [0.2, 0.25) is 0 Å². The molecule has 1 aromatic carbocycles. The lowest BCUT2D eigenvalue weighted by Gasteiger charge is -2.31. The molecule has 36 heavy (non-hydrogen) atoms. The van der Waals surface area contributed by atoms with E-state index in [0.29, 0.717) is 47.7 Å². The van der Waals surface area contributed by atoms with Gasteiger partial charge in [-0.1, -0.05) is 42.1 Å². The number of imidazole rings is 2. The third-order valence-corrected chi connectivity index (χ3v) is 6.84. The van der Waals surface area contributed by atoms with E-state index >= 15 is 0 Å². The highest BCUT2D eigenvalue weighted by Gasteiger charge is 2.40. The number of ether oxygens (including phenoxy) is 2. The molecule has 0 bridgehead atoms. The summed E-state index contributed by atoms with van der Waals surface area (Å²) in [6.45, 7) is 2.94. The van der Waals surface area contributed by atoms with Crippen molar-refractivity contribution in [3.05, 3.63) is 89.0 Å². The standard InChI is InChI=1S/C26H29N5O4S/c1-17-21(24(32)34-2)23(20-14-28-26(36-4)31(20)15-18-8-6-5-7-9-18)22(25(33)35-3)19(29-17)10-12-30-13-11-27-16-30/h5-9,11,13-14,16,23,29H,10,12,15H2,1-4H3. The van der Waals surface area contributed by atoms with E-state index in [1.165, 1.54) is 26.0 Å². The van der Waals surface area contributed by atoms with Gasteiger partial charge in [0.1, 0.15) is 0 Å². The largest absolute Gasteiger partial charge is 0.466 e. The molecule has 1 unspecified atom stereocenters. The Labute approximate surface area is 214 Å². The monoisotopic (exact) mass is 507 g/mol. The fraction of sp³-hybridized carbons (Fsp3) is 0.308. The molecule has 1 atom stereocenters. The number of nitrogens with zero attached hydrogens (tertiary/aromatic N) is 4. The third-order valence-electron chi connectivity index (χ3n) is 6.15. The number of hydrogen-bond donors (Lipinski definition) is 1. The molecule has 3 heterocycles. The molecular formula is C26H29N5O4S. The van der Waals surface area contributed by atoms with Gasteiger partial charge in [-0.15, -0.1) is 0 Å². The van der Waals surface area contributed by atoms with Gasteiger partial charge in [0.2, 0.25) is 0 Å². The van der Waals surface area contributed by atoms with Gasteiger partial charge in [0.05, 0.1) is 49.5 Å². The van der Waals surface area contributed by atoms with E-state index in [0.717, 1.165) is 10.7 Å². The molecule has 2 aromatic heterocycles. The van der Waals surface area contributed by atoms with Gasteiger partial charge in [0.25, 0.3) is 0 Å². The summed E-state index contributed by atoms with van der Waals surface area (Å²) in [5, 5.41) is 4.06. The van der Waals surface area contributed by atoms with E-state index in [4.69, 9.17) is 9.47 Å². The molecule has 0 saturated heterocycles. The molecule has 1 aliphatic heterocycles. The van der Waals surface area contributed by atoms with Crippen molar-refractivity contribution in [2.45, 2.75) is 37.5 Å². The van der Waals surface area contributed by atoms with Crippen molar-refractivity contribution in [2.75, 3.05) is 20.5 Å². The Balaban J connectivity index is 1.88. The lowest BCUT2D eigenvalue weighted by atomic mass is 9.82. The summed E-state index contributed by atoms with van der Waals surface area (Å²) in [4.78, 5) is 35.1. The van der Waals surface area contributed by atoms with Gasteiger partial charge in [-0.05, 0) is 18.7 Å². The molecule has 3 aromatic rings. The summed E-state index contributed by atoms with van der Waals surface area (Å²) in [7, 11) is 2.68. The zero-order chi connectivity index (χ0) is 25.7. The average molecular weight is 508 g/mol. The topological polar surface area (TPSA) is 100 Å². The predicted molar refractivity (Wildman–Crippen MR) is 136 cm³/mol. The molecule has 0 radical (unpaired) electrons. The van der Waals surface area contributed by atoms with Gasteiger partial charge in [-0.2, -0.15) is 0 Å². The zero-order valence-corrected chi connectivity index (χ0v) is 21.5. The van der Waals surface area contributed by atoms with Crippen molar-refractivity contribution >= 4 is 23.7 Å². The quantitative estimate of drug-likeness (QED) is 0.347. The smallest absolute Gasteiger partial charge is 0.336 e. The van der Waals surface area contributed by atoms with Gasteiger partial charge in [-0.3, -0.25) is 0 Å². The van der Waals surface area contributed by atoms with E-state index in [-0.39, 0.29) is 0 Å². The lowest BCUT2D eigenvalue weighted by Crippen LogP contribution is -2.34. The Hall–Kier alpha value is -3.79. The van der Waals surface area contributed by atoms with E-state index < -0.39 is 17.9 Å². The van der Waals surface area contributed by atoms with Crippen LogP contribution in [0.5, 0.6) is 0 Å². The van der Waals surface area contributed by atoms with E-state index in [9.17, 15) is 9.59 Å². The van der Waals surface area contributed by atoms with E-state index in [1.54, 1.807) is 18.7 Å². The van der Waals surface area contributed by atoms with Crippen molar-refractivity contribution in [3.8, 4) is 0 Å². The van der Waals surface area contributed by atoms with E-state index in [2.05, 4.69) is 15.3 Å². The molecule has 0 fully saturated rings. The van der Waals surface area contributed by atoms with Gasteiger partial charge in [0, 0.05) is 43.3 Å². The summed E-state index contributed by atoms with van der Waals surface area (Å²) in [6, 6.07) is 9.99. The normalized spacial score (nSPS) is 15.6. The van der Waals surface area contributed by atoms with Crippen molar-refractivity contribution in [2.24, 2.45) is 0 Å². The van der Waals surface area contributed by atoms with Gasteiger partial charge < -0.3 is 23.9 Å². The second kappa shape index (κ2) is 11.3. The van der Waals surface area contributed by atoms with Crippen LogP contribution in [0.3, 0.4) is 0 Å². The molecule has 0 saturated carbocycles. The Morgan fingerprint density at radius 3 is 2.47 bits per heavy atom. The first-order valence-electron chi connectivity index (χ1n) is 11.4. The fourth-order valence-corrected chi connectivity index (χ4v) is 5.02. The molecule has 10 heteroatoms. The number of benzene rings is 1. The van der Waals surface area contributed by atoms with Crippen LogP contribution in [0.25, 0.3) is 0 Å². The van der Waals surface area contributed by atoms with Crippen LogP contribution in [0.4, 0.5) is 0 Å². The van der Waals surface area contributed by atoms with Crippen LogP contribution in [0.15, 0.2) is 82.9 Å². The fourth-order valence-electron chi connectivity index (χ4n) is 4.47. The van der Waals surface area contributed by atoms with Crippen LogP contribution in [0, 0.1) is 0 Å². The van der Waals surface area contributed by atoms with Gasteiger partial charge in [-0.25, -0.2) is 19.6 Å². The maximum absolute atomic E-state index is 13.3. The number of nitrogens with one attached hydrogen (secondary N) is 1. The summed E-state index contributed by atoms with van der Waals surface area (Å²) in [6.07, 6.45) is 9.48. The number of aromatic nitrogens is 4. The van der Waals surface area contributed by atoms with Crippen LogP contribution in [0.1, 0.15) is 30.5 Å². The highest BCUT2D eigenvalue weighted by Crippen LogP contribution is 2.41. The first-order chi connectivity index (χ1) is 17.5. The molecule has 188 valence electrons. The zero-order valence-electron chi connectivity index (χ0n) is 20.7. The molecule has 0 amide bonds. The van der Waals surface area contributed by atoms with Crippen molar-refractivity contribution in [1.82, 2.24) is 24.4 Å². The molecule has 1 aliphatic rings. The molecule has 9 nitrogen and oxygen atoms in total. The molecule has 0 spiro atoms. The minimum absolute atomic E-state index is 0.353. The Morgan fingerprint density at radius 2 is 1.83 bits per heavy atom. The first-order valence-corrected chi connectivity index (χ1v) is 12.7. The molecule has 4 rings (SSSR count). The SMILES string of the molecule is COC(=O)C1=C(C)NC(CCn2ccnc2)=C(C(=O)OC)C1c1cnc(SC)n1Cc1ccccc1. The lowest BCUT2D eigenvalue weighted by molar-refractivity contribution is -0.137. The van der Waals surface area contributed by atoms with Crippen LogP contribution < -0.4 is 5.32 Å². The minimum Gasteiger partial charge on any atom is -0.466 e. The predicted octanol–water partition coefficient (Wildman–Crippen LogP) is 3.50. The number of carbonyl (C=O) groups excluding carboxylic acids is 2. The molecule has 1 N–H and O–H groups in total. The number of thioether (sulfide) groups is 1. The Morgan fingerprint density at radius 1 is 1.11 bits per heavy atom. The van der Waals surface area contributed by atoms with Crippen molar-refractivity contribution in [1.29, 1.82) is 0 Å². The summed E-state index contributed by atoms with van der Waals surface area (Å²) < 4.78 is 14.4. The maximum Gasteiger partial charge on any atom is 0.336 e. The van der Waals surface area contributed by atoms with E-state index in [1.807, 2.05) is 58.8 Å². The number of dihydropyridines is 1. The van der Waals surface area contributed by atoms with Crippen molar-refractivity contribution < 1.29 is 19.1 Å². The second-order valence-electron chi connectivity index (χ2n) is 8.26. The minimum atomic E-state index is -0.721. The molecule has 0 aliphatic carbocycles. The summed E-state index contributed by atoms with van der Waals surface area (Å²) in [5.41, 5.74) is 3.81. The highest BCUT2D eigenvalue weighted by atomic mass is 32.2. The number of rotatable bonds is 9. The molecular weight excluding hydrogens is 478 g/mol. The van der Waals surface area contributed by atoms with Crippen LogP contribution >= 0.6 is 11.8 Å². The van der Waals surface area contributed by atoms with Crippen LogP contribution in [-0.4, -0.2) is 51.5 Å². The van der Waals surface area contributed by atoms with Gasteiger partial charge >= 0.3 is 11.9 Å². The highest BCUT2D eigenvalue weighted by molar-refractivity contribution is 7.98. The number of aryl methyl sites for hydroxylation is 1. The second-order valence-corrected chi connectivity index (χ2v) is 9.04. The number of esters is 2. The Bertz CT molecular complexity index is 1300. The first kappa shape index (κ1) is 25.3. The number of allylic oxidation sites excluding steroid dienone is 2. The number of carbonyl (C=O) groups is 2.